The van der Waals surface area contributed by atoms with Gasteiger partial charge in [0.1, 0.15) is 5.78 Å². The van der Waals surface area contributed by atoms with E-state index in [1.807, 2.05) is 13.8 Å². The second-order valence-electron chi connectivity index (χ2n) is 9.27. The summed E-state index contributed by atoms with van der Waals surface area (Å²) in [5, 5.41) is 10.4. The zero-order valence-corrected chi connectivity index (χ0v) is 14.3. The summed E-state index contributed by atoms with van der Waals surface area (Å²) in [6.45, 7) is 3.86. The van der Waals surface area contributed by atoms with Crippen molar-refractivity contribution in [2.24, 2.45) is 41.4 Å². The van der Waals surface area contributed by atoms with E-state index in [1.54, 1.807) is 0 Å². The predicted octanol–water partition coefficient (Wildman–Crippen LogP) is 4.21. The molecule has 0 aliphatic heterocycles. The highest BCUT2D eigenvalue weighted by atomic mass is 16.3. The largest absolute Gasteiger partial charge is 0.390 e. The first-order chi connectivity index (χ1) is 10.5. The number of hydrogen-bond donors (Lipinski definition) is 1. The third-order valence-corrected chi connectivity index (χ3v) is 8.08. The van der Waals surface area contributed by atoms with Crippen molar-refractivity contribution in [2.75, 3.05) is 0 Å². The maximum absolute atomic E-state index is 11.9. The molecule has 124 valence electrons. The lowest BCUT2D eigenvalue weighted by atomic mass is 9.52. The van der Waals surface area contributed by atoms with Crippen LogP contribution in [0, 0.1) is 41.4 Å². The van der Waals surface area contributed by atoms with Gasteiger partial charge in [-0.3, -0.25) is 4.79 Å². The van der Waals surface area contributed by atoms with Crippen LogP contribution in [0.15, 0.2) is 0 Å². The quantitative estimate of drug-likeness (QED) is 0.788. The summed E-state index contributed by atoms with van der Waals surface area (Å²) in [7, 11) is 0. The highest BCUT2D eigenvalue weighted by Gasteiger charge is 2.53. The van der Waals surface area contributed by atoms with Crippen molar-refractivity contribution >= 4 is 5.78 Å². The molecule has 0 radical (unpaired) electrons. The van der Waals surface area contributed by atoms with Gasteiger partial charge in [0.2, 0.25) is 0 Å². The van der Waals surface area contributed by atoms with Gasteiger partial charge in [-0.2, -0.15) is 0 Å². The Morgan fingerprint density at radius 1 is 0.864 bits per heavy atom. The van der Waals surface area contributed by atoms with E-state index in [0.717, 1.165) is 48.9 Å². The van der Waals surface area contributed by atoms with Crippen molar-refractivity contribution in [3.05, 3.63) is 0 Å². The number of carbonyl (C=O) groups excluding carboxylic acids is 1. The molecule has 1 N–H and O–H groups in total. The zero-order valence-electron chi connectivity index (χ0n) is 14.3. The summed E-state index contributed by atoms with van der Waals surface area (Å²) in [5.41, 5.74) is -0.404. The van der Waals surface area contributed by atoms with Crippen LogP contribution in [0.4, 0.5) is 0 Å². The van der Waals surface area contributed by atoms with Gasteiger partial charge < -0.3 is 5.11 Å². The molecule has 0 aromatic heterocycles. The minimum absolute atomic E-state index is 0.385. The van der Waals surface area contributed by atoms with Gasteiger partial charge in [0.25, 0.3) is 0 Å². The van der Waals surface area contributed by atoms with Crippen molar-refractivity contribution in [2.45, 2.75) is 77.2 Å². The Bertz CT molecular complexity index is 455. The molecule has 8 atom stereocenters. The Morgan fingerprint density at radius 2 is 1.45 bits per heavy atom. The summed E-state index contributed by atoms with van der Waals surface area (Å²) in [6, 6.07) is 0. The summed E-state index contributed by atoms with van der Waals surface area (Å²) in [4.78, 5) is 11.9. The summed E-state index contributed by atoms with van der Waals surface area (Å²) in [5.74, 6) is 5.83. The van der Waals surface area contributed by atoms with Gasteiger partial charge in [-0.05, 0) is 107 Å². The molecular weight excluding hydrogens is 272 g/mol. The Labute approximate surface area is 135 Å². The Balaban J connectivity index is 1.51. The molecule has 0 bridgehead atoms. The van der Waals surface area contributed by atoms with Gasteiger partial charge in [0, 0.05) is 5.92 Å². The van der Waals surface area contributed by atoms with E-state index >= 15 is 0 Å². The van der Waals surface area contributed by atoms with E-state index in [2.05, 4.69) is 0 Å². The molecule has 4 saturated carbocycles. The van der Waals surface area contributed by atoms with Crippen LogP contribution < -0.4 is 0 Å². The van der Waals surface area contributed by atoms with Crippen LogP contribution in [0.2, 0.25) is 0 Å². The van der Waals surface area contributed by atoms with Crippen LogP contribution in [0.5, 0.6) is 0 Å². The topological polar surface area (TPSA) is 37.3 Å². The van der Waals surface area contributed by atoms with Gasteiger partial charge in [-0.1, -0.05) is 0 Å². The number of fused-ring (bicyclic) bond motifs is 5. The number of hydrogen-bond acceptors (Lipinski definition) is 2. The van der Waals surface area contributed by atoms with Crippen LogP contribution in [-0.4, -0.2) is 16.5 Å². The fourth-order valence-electron chi connectivity index (χ4n) is 7.24. The number of aliphatic hydroxyl groups is 1. The molecule has 4 fully saturated rings. The lowest BCUT2D eigenvalue weighted by Gasteiger charge is -2.54. The molecular formula is C20H32O2. The Kier molecular flexibility index (Phi) is 3.67. The normalized spacial score (nSPS) is 54.2. The van der Waals surface area contributed by atoms with Crippen LogP contribution in [-0.2, 0) is 4.79 Å². The van der Waals surface area contributed by atoms with Crippen LogP contribution in [0.1, 0.15) is 71.6 Å². The zero-order chi connectivity index (χ0) is 15.5. The number of carbonyl (C=O) groups is 1. The molecule has 2 heteroatoms. The molecule has 0 amide bonds. The molecule has 0 heterocycles. The van der Waals surface area contributed by atoms with Gasteiger partial charge in [0.05, 0.1) is 5.60 Å². The summed E-state index contributed by atoms with van der Waals surface area (Å²) >= 11 is 0. The average Bonchev–Trinajstić information content (AvgIpc) is 2.89. The van der Waals surface area contributed by atoms with Gasteiger partial charge in [-0.25, -0.2) is 0 Å². The maximum Gasteiger partial charge on any atom is 0.133 e. The van der Waals surface area contributed by atoms with E-state index in [4.69, 9.17) is 0 Å². The molecule has 4 aliphatic rings. The SMILES string of the molecule is CC(=O)[C@H]1CC[C@H]2[C@@H]3CC[C@@H]4C[C@](C)(O)CC[C@@H]4[C@H]3CC[C@@H]21. The van der Waals surface area contributed by atoms with E-state index in [1.165, 1.54) is 38.5 Å². The molecule has 0 spiro atoms. The lowest BCUT2D eigenvalue weighted by molar-refractivity contribution is -0.124. The van der Waals surface area contributed by atoms with Crippen molar-refractivity contribution in [3.63, 3.8) is 0 Å². The van der Waals surface area contributed by atoms with Crippen molar-refractivity contribution in [1.29, 1.82) is 0 Å². The van der Waals surface area contributed by atoms with Crippen LogP contribution in [0.25, 0.3) is 0 Å². The average molecular weight is 304 g/mol. The smallest absolute Gasteiger partial charge is 0.133 e. The predicted molar refractivity (Wildman–Crippen MR) is 87.3 cm³/mol. The van der Waals surface area contributed by atoms with Crippen LogP contribution in [0.3, 0.4) is 0 Å². The van der Waals surface area contributed by atoms with Crippen LogP contribution >= 0.6 is 0 Å². The van der Waals surface area contributed by atoms with Gasteiger partial charge in [-0.15, -0.1) is 0 Å². The first-order valence-corrected chi connectivity index (χ1v) is 9.69. The van der Waals surface area contributed by atoms with Crippen molar-refractivity contribution in [1.82, 2.24) is 0 Å². The molecule has 22 heavy (non-hydrogen) atoms. The lowest BCUT2D eigenvalue weighted by Crippen LogP contribution is -2.48. The fourth-order valence-corrected chi connectivity index (χ4v) is 7.24. The first-order valence-electron chi connectivity index (χ1n) is 9.69. The Hall–Kier alpha value is -0.370. The molecule has 4 rings (SSSR count). The Morgan fingerprint density at radius 3 is 2.23 bits per heavy atom. The van der Waals surface area contributed by atoms with Gasteiger partial charge in [0.15, 0.2) is 0 Å². The molecule has 0 aromatic carbocycles. The molecule has 0 unspecified atom stereocenters. The molecule has 0 aromatic rings. The standard InChI is InChI=1S/C20H32O2/c1-12(21)14-5-6-19-16(14)7-8-17-15-9-10-20(2,22)11-13(15)3-4-18(17)19/h13-19,22H,3-11H2,1-2H3/t13-,14-,15+,16-,17-,18-,19-,20-/m1/s1. The minimum Gasteiger partial charge on any atom is -0.390 e. The number of Topliss-reactive ketones (excluding diaryl/α,β-unsaturated/α-hetero) is 1. The number of rotatable bonds is 1. The third kappa shape index (κ3) is 2.37. The fraction of sp³-hybridized carbons (Fsp3) is 0.950. The molecule has 2 nitrogen and oxygen atoms in total. The monoisotopic (exact) mass is 304 g/mol. The minimum atomic E-state index is -0.404. The van der Waals surface area contributed by atoms with E-state index in [0.29, 0.717) is 17.6 Å². The summed E-state index contributed by atoms with van der Waals surface area (Å²) < 4.78 is 0. The third-order valence-electron chi connectivity index (χ3n) is 8.08. The van der Waals surface area contributed by atoms with Crippen molar-refractivity contribution in [3.8, 4) is 0 Å². The highest BCUT2D eigenvalue weighted by Crippen LogP contribution is 2.59. The molecule has 0 saturated heterocycles. The summed E-state index contributed by atoms with van der Waals surface area (Å²) in [6.07, 6.45) is 11.1. The highest BCUT2D eigenvalue weighted by molar-refractivity contribution is 5.79. The number of ketones is 1. The van der Waals surface area contributed by atoms with E-state index < -0.39 is 5.60 Å². The molecule has 4 aliphatic carbocycles. The van der Waals surface area contributed by atoms with E-state index in [-0.39, 0.29) is 0 Å². The maximum atomic E-state index is 11.9. The van der Waals surface area contributed by atoms with Gasteiger partial charge >= 0.3 is 0 Å². The second kappa shape index (κ2) is 5.33. The first kappa shape index (κ1) is 15.2. The van der Waals surface area contributed by atoms with E-state index in [9.17, 15) is 9.90 Å². The second-order valence-corrected chi connectivity index (χ2v) is 9.27. The van der Waals surface area contributed by atoms with Crippen molar-refractivity contribution < 1.29 is 9.90 Å².